The van der Waals surface area contributed by atoms with Gasteiger partial charge in [0.1, 0.15) is 0 Å². The van der Waals surface area contributed by atoms with Gasteiger partial charge in [0, 0.05) is 11.4 Å². The van der Waals surface area contributed by atoms with Crippen molar-refractivity contribution in [3.05, 3.63) is 59.7 Å². The van der Waals surface area contributed by atoms with Gasteiger partial charge in [-0.15, -0.1) is 0 Å². The fraction of sp³-hybridized carbons (Fsp3) is 0.263. The Kier molecular flexibility index (Phi) is 5.95. The lowest BCUT2D eigenvalue weighted by atomic mass is 10.0. The molecule has 0 fully saturated rings. The van der Waals surface area contributed by atoms with E-state index in [1.54, 1.807) is 31.2 Å². The maximum atomic E-state index is 12.2. The average Bonchev–Trinajstić information content (AvgIpc) is 2.56. The summed E-state index contributed by atoms with van der Waals surface area (Å²) < 4.78 is 4.92. The van der Waals surface area contributed by atoms with E-state index >= 15 is 0 Å². The molecule has 2 rings (SSSR count). The largest absolute Gasteiger partial charge is 0.462 e. The Labute approximate surface area is 142 Å². The topological polar surface area (TPSA) is 67.4 Å². The highest BCUT2D eigenvalue weighted by Crippen LogP contribution is 2.23. The molecule has 0 heterocycles. The molecular weight excluding hydrogens is 304 g/mol. The zero-order valence-corrected chi connectivity index (χ0v) is 14.1. The lowest BCUT2D eigenvalue weighted by Crippen LogP contribution is -2.20. The monoisotopic (exact) mass is 326 g/mol. The van der Waals surface area contributed by atoms with E-state index in [0.717, 1.165) is 11.3 Å². The van der Waals surface area contributed by atoms with Crippen LogP contribution in [0.1, 0.15) is 42.6 Å². The minimum Gasteiger partial charge on any atom is -0.462 e. The zero-order chi connectivity index (χ0) is 17.5. The van der Waals surface area contributed by atoms with Gasteiger partial charge in [0.25, 0.3) is 0 Å². The molecule has 0 unspecified atom stereocenters. The highest BCUT2D eigenvalue weighted by atomic mass is 16.5. The van der Waals surface area contributed by atoms with Crippen molar-refractivity contribution in [2.45, 2.75) is 26.7 Å². The summed E-state index contributed by atoms with van der Waals surface area (Å²) in [4.78, 5) is 23.8. The lowest BCUT2D eigenvalue weighted by molar-refractivity contribution is 0.0526. The molecule has 0 radical (unpaired) electrons. The molecular formula is C19H22N2O3. The molecule has 2 amide bonds. The van der Waals surface area contributed by atoms with Crippen molar-refractivity contribution >= 4 is 23.4 Å². The first-order valence-electron chi connectivity index (χ1n) is 7.95. The number of urea groups is 1. The van der Waals surface area contributed by atoms with Crippen molar-refractivity contribution in [2.75, 3.05) is 17.2 Å². The number of carbonyl (C=O) groups excluding carboxylic acids is 2. The summed E-state index contributed by atoms with van der Waals surface area (Å²) in [5.41, 5.74) is 2.91. The number of hydrogen-bond acceptors (Lipinski definition) is 3. The molecule has 0 aromatic heterocycles. The zero-order valence-electron chi connectivity index (χ0n) is 14.1. The highest BCUT2D eigenvalue weighted by molar-refractivity contribution is 6.00. The number of hydrogen-bond donors (Lipinski definition) is 2. The van der Waals surface area contributed by atoms with E-state index in [1.165, 1.54) is 0 Å². The first-order chi connectivity index (χ1) is 11.5. The van der Waals surface area contributed by atoms with E-state index < -0.39 is 0 Å². The third-order valence-corrected chi connectivity index (χ3v) is 3.48. The minimum absolute atomic E-state index is 0.311. The van der Waals surface area contributed by atoms with E-state index in [4.69, 9.17) is 4.74 Å². The summed E-state index contributed by atoms with van der Waals surface area (Å²) in [6.07, 6.45) is 0. The Balaban J connectivity index is 2.01. The van der Waals surface area contributed by atoms with Crippen LogP contribution in [-0.2, 0) is 4.74 Å². The number of rotatable bonds is 5. The Morgan fingerprint density at radius 2 is 1.67 bits per heavy atom. The number of para-hydroxylation sites is 1. The van der Waals surface area contributed by atoms with Gasteiger partial charge in [0.15, 0.2) is 0 Å². The van der Waals surface area contributed by atoms with Crippen LogP contribution in [0.3, 0.4) is 0 Å². The first kappa shape index (κ1) is 17.5. The van der Waals surface area contributed by atoms with Gasteiger partial charge in [0.05, 0.1) is 12.2 Å². The van der Waals surface area contributed by atoms with Gasteiger partial charge in [-0.3, -0.25) is 0 Å². The first-order valence-corrected chi connectivity index (χ1v) is 7.95. The average molecular weight is 326 g/mol. The third-order valence-electron chi connectivity index (χ3n) is 3.48. The second-order valence-corrected chi connectivity index (χ2v) is 5.62. The fourth-order valence-corrected chi connectivity index (χ4v) is 2.30. The lowest BCUT2D eigenvalue weighted by Gasteiger charge is -2.14. The molecule has 0 saturated heterocycles. The smallest absolute Gasteiger partial charge is 0.338 e. The Morgan fingerprint density at radius 1 is 1.00 bits per heavy atom. The van der Waals surface area contributed by atoms with E-state index in [2.05, 4.69) is 24.5 Å². The van der Waals surface area contributed by atoms with E-state index in [0.29, 0.717) is 23.8 Å². The summed E-state index contributed by atoms with van der Waals surface area (Å²) >= 11 is 0. The van der Waals surface area contributed by atoms with Gasteiger partial charge in [-0.1, -0.05) is 32.0 Å². The van der Waals surface area contributed by atoms with Crippen LogP contribution in [-0.4, -0.2) is 18.6 Å². The van der Waals surface area contributed by atoms with Crippen LogP contribution in [0.2, 0.25) is 0 Å². The van der Waals surface area contributed by atoms with E-state index in [1.807, 2.05) is 24.3 Å². The number of anilines is 2. The maximum absolute atomic E-state index is 12.2. The summed E-state index contributed by atoms with van der Waals surface area (Å²) in [7, 11) is 0. The van der Waals surface area contributed by atoms with Gasteiger partial charge in [-0.25, -0.2) is 9.59 Å². The predicted octanol–water partition coefficient (Wildman–Crippen LogP) is 4.63. The number of nitrogens with one attached hydrogen (secondary N) is 2. The summed E-state index contributed by atoms with van der Waals surface area (Å²) in [6.45, 7) is 6.24. The fourth-order valence-electron chi connectivity index (χ4n) is 2.30. The molecule has 5 nitrogen and oxygen atoms in total. The summed E-state index contributed by atoms with van der Waals surface area (Å²) in [5, 5.41) is 5.61. The van der Waals surface area contributed by atoms with Gasteiger partial charge < -0.3 is 15.4 Å². The number of ether oxygens (including phenoxy) is 1. The Morgan fingerprint density at radius 3 is 2.29 bits per heavy atom. The van der Waals surface area contributed by atoms with Crippen molar-refractivity contribution in [3.8, 4) is 0 Å². The highest BCUT2D eigenvalue weighted by Gasteiger charge is 2.10. The quantitative estimate of drug-likeness (QED) is 0.787. The van der Waals surface area contributed by atoms with Gasteiger partial charge in [-0.2, -0.15) is 0 Å². The molecule has 0 saturated carbocycles. The summed E-state index contributed by atoms with van der Waals surface area (Å²) in [5.74, 6) is -0.0651. The molecule has 0 atom stereocenters. The molecule has 0 aliphatic carbocycles. The Hall–Kier alpha value is -2.82. The van der Waals surface area contributed by atoms with Crippen molar-refractivity contribution in [3.63, 3.8) is 0 Å². The predicted molar refractivity (Wildman–Crippen MR) is 95.6 cm³/mol. The normalized spacial score (nSPS) is 10.3. The third kappa shape index (κ3) is 4.59. The van der Waals surface area contributed by atoms with Crippen molar-refractivity contribution in [2.24, 2.45) is 0 Å². The molecule has 0 bridgehead atoms. The van der Waals surface area contributed by atoms with Crippen LogP contribution in [0.4, 0.5) is 16.2 Å². The molecule has 0 spiro atoms. The SMILES string of the molecule is CCOC(=O)c1ccc(NC(=O)Nc2ccccc2C(C)C)cc1. The molecule has 0 aliphatic heterocycles. The molecule has 5 heteroatoms. The van der Waals surface area contributed by atoms with Crippen molar-refractivity contribution < 1.29 is 14.3 Å². The number of carbonyl (C=O) groups is 2. The molecule has 2 aromatic carbocycles. The molecule has 126 valence electrons. The van der Waals surface area contributed by atoms with Crippen LogP contribution >= 0.6 is 0 Å². The van der Waals surface area contributed by atoms with Crippen LogP contribution in [0, 0.1) is 0 Å². The van der Waals surface area contributed by atoms with Crippen LogP contribution in [0.25, 0.3) is 0 Å². The molecule has 0 aliphatic rings. The minimum atomic E-state index is -0.376. The standard InChI is InChI=1S/C19H22N2O3/c1-4-24-18(22)14-9-11-15(12-10-14)20-19(23)21-17-8-6-5-7-16(17)13(2)3/h5-13H,4H2,1-3H3,(H2,20,21,23). The number of amides is 2. The van der Waals surface area contributed by atoms with Crippen LogP contribution in [0.15, 0.2) is 48.5 Å². The van der Waals surface area contributed by atoms with Crippen LogP contribution in [0.5, 0.6) is 0 Å². The van der Waals surface area contributed by atoms with Crippen molar-refractivity contribution in [1.82, 2.24) is 0 Å². The van der Waals surface area contributed by atoms with E-state index in [-0.39, 0.29) is 12.0 Å². The van der Waals surface area contributed by atoms with Crippen LogP contribution < -0.4 is 10.6 Å². The molecule has 2 N–H and O–H groups in total. The maximum Gasteiger partial charge on any atom is 0.338 e. The molecule has 24 heavy (non-hydrogen) atoms. The van der Waals surface area contributed by atoms with Crippen molar-refractivity contribution in [1.29, 1.82) is 0 Å². The summed E-state index contributed by atoms with van der Waals surface area (Å²) in [6, 6.07) is 14.0. The second-order valence-electron chi connectivity index (χ2n) is 5.62. The Bertz CT molecular complexity index is 709. The van der Waals surface area contributed by atoms with Gasteiger partial charge in [-0.05, 0) is 48.7 Å². The number of benzene rings is 2. The second kappa shape index (κ2) is 8.15. The van der Waals surface area contributed by atoms with Gasteiger partial charge in [0.2, 0.25) is 0 Å². The van der Waals surface area contributed by atoms with Gasteiger partial charge >= 0.3 is 12.0 Å². The van der Waals surface area contributed by atoms with E-state index in [9.17, 15) is 9.59 Å². The molecule has 2 aromatic rings. The number of esters is 1.